The van der Waals surface area contributed by atoms with Crippen molar-refractivity contribution in [1.82, 2.24) is 0 Å². The molecule has 0 heterocycles. The first kappa shape index (κ1) is 36.4. The number of aliphatic carboxylic acids is 3. The number of quaternary nitrogens is 1. The molecule has 0 radical (unpaired) electrons. The van der Waals surface area contributed by atoms with Gasteiger partial charge in [-0.1, -0.05) is 84.0 Å². The van der Waals surface area contributed by atoms with Gasteiger partial charge in [0.05, 0.1) is 26.2 Å². The number of rotatable bonds is 30. The highest BCUT2D eigenvalue weighted by Gasteiger charge is 2.26. The number of carbonyl (C=O) groups is 3. The molecule has 0 saturated carbocycles. The molecule has 0 aromatic heterocycles. The van der Waals surface area contributed by atoms with E-state index >= 15 is 0 Å². The second-order valence-electron chi connectivity index (χ2n) is 11.4. The van der Waals surface area contributed by atoms with Gasteiger partial charge in [-0.25, -0.2) is 0 Å². The normalized spacial score (nSPS) is 11.6. The predicted molar refractivity (Wildman–Crippen MR) is 155 cm³/mol. The summed E-state index contributed by atoms with van der Waals surface area (Å²) in [4.78, 5) is 32.9. The summed E-state index contributed by atoms with van der Waals surface area (Å²) in [5.74, 6) is -2.30. The molecule has 0 aromatic carbocycles. The van der Waals surface area contributed by atoms with Crippen molar-refractivity contribution in [1.29, 1.82) is 0 Å². The summed E-state index contributed by atoms with van der Waals surface area (Å²) in [6.45, 7) is 5.96. The highest BCUT2D eigenvalue weighted by Crippen LogP contribution is 2.20. The molecule has 0 fully saturated rings. The minimum Gasteiger partial charge on any atom is -0.481 e. The lowest BCUT2D eigenvalue weighted by atomic mass is 10.0. The summed E-state index contributed by atoms with van der Waals surface area (Å²) in [6.07, 6.45) is 23.5. The molecule has 0 aliphatic carbocycles. The van der Waals surface area contributed by atoms with E-state index in [4.69, 9.17) is 15.3 Å². The van der Waals surface area contributed by atoms with Gasteiger partial charge in [-0.05, 0) is 51.4 Å². The molecule has 0 rings (SSSR count). The molecule has 38 heavy (non-hydrogen) atoms. The average Bonchev–Trinajstić information content (AvgIpc) is 2.87. The van der Waals surface area contributed by atoms with E-state index in [1.165, 1.54) is 83.5 Å². The molecule has 0 aromatic rings. The second-order valence-corrected chi connectivity index (χ2v) is 11.4. The van der Waals surface area contributed by atoms with Gasteiger partial charge in [-0.2, -0.15) is 0 Å². The molecule has 7 heteroatoms. The van der Waals surface area contributed by atoms with Gasteiger partial charge in [0.2, 0.25) is 0 Å². The van der Waals surface area contributed by atoms with Crippen LogP contribution in [-0.2, 0) is 14.4 Å². The summed E-state index contributed by atoms with van der Waals surface area (Å²) < 4.78 is 0.872. The molecule has 0 unspecified atom stereocenters. The molecule has 0 amide bonds. The third-order valence-electron chi connectivity index (χ3n) is 7.81. The maximum atomic E-state index is 11.0. The monoisotopic (exact) mass is 542 g/mol. The molecular formula is C31H60NO6+. The number of carboxylic acids is 3. The maximum absolute atomic E-state index is 11.0. The molecule has 7 nitrogen and oxygen atoms in total. The topological polar surface area (TPSA) is 112 Å². The fraction of sp³-hybridized carbons (Fsp3) is 0.903. The summed E-state index contributed by atoms with van der Waals surface area (Å²) in [5.41, 5.74) is 0. The van der Waals surface area contributed by atoms with Crippen molar-refractivity contribution >= 4 is 17.9 Å². The van der Waals surface area contributed by atoms with Crippen LogP contribution in [0.1, 0.15) is 155 Å². The van der Waals surface area contributed by atoms with E-state index in [0.717, 1.165) is 56.3 Å². The largest absolute Gasteiger partial charge is 0.481 e. The van der Waals surface area contributed by atoms with E-state index in [0.29, 0.717) is 19.3 Å². The third-order valence-corrected chi connectivity index (χ3v) is 7.81. The molecule has 3 N–H and O–H groups in total. The zero-order valence-electron chi connectivity index (χ0n) is 24.6. The quantitative estimate of drug-likeness (QED) is 0.0625. The molecular weight excluding hydrogens is 482 g/mol. The van der Waals surface area contributed by atoms with E-state index in [9.17, 15) is 14.4 Å². The standard InChI is InChI=1S/C31H59NO6/c1-2-3-4-5-6-7-8-9-10-11-12-13-14-18-25-32(26-19-15-22-29(33)34,27-20-16-23-30(35)36)28-21-17-24-31(37)38/h2-28H2,1H3,(H2-,33,34,35,36,37,38)/p+1. The van der Waals surface area contributed by atoms with E-state index in [1.807, 2.05) is 0 Å². The summed E-state index contributed by atoms with van der Waals surface area (Å²) >= 11 is 0. The van der Waals surface area contributed by atoms with Crippen LogP contribution in [0.3, 0.4) is 0 Å². The molecule has 0 aliphatic heterocycles. The number of unbranched alkanes of at least 4 members (excludes halogenated alkanes) is 16. The fourth-order valence-corrected chi connectivity index (χ4v) is 5.48. The number of carboxylic acid groups (broad SMARTS) is 3. The zero-order valence-corrected chi connectivity index (χ0v) is 24.6. The molecule has 224 valence electrons. The fourth-order valence-electron chi connectivity index (χ4n) is 5.48. The van der Waals surface area contributed by atoms with Crippen molar-refractivity contribution in [2.45, 2.75) is 155 Å². The van der Waals surface area contributed by atoms with Crippen molar-refractivity contribution in [3.05, 3.63) is 0 Å². The Morgan fingerprint density at radius 1 is 0.395 bits per heavy atom. The minimum absolute atomic E-state index is 0.177. The van der Waals surface area contributed by atoms with Crippen molar-refractivity contribution < 1.29 is 34.2 Å². The Balaban J connectivity index is 4.50. The maximum Gasteiger partial charge on any atom is 0.303 e. The van der Waals surface area contributed by atoms with Gasteiger partial charge >= 0.3 is 17.9 Å². The second kappa shape index (κ2) is 25.6. The van der Waals surface area contributed by atoms with Gasteiger partial charge in [-0.15, -0.1) is 0 Å². The lowest BCUT2D eigenvalue weighted by Crippen LogP contribution is -2.51. The molecule has 0 spiro atoms. The van der Waals surface area contributed by atoms with Gasteiger partial charge in [-0.3, -0.25) is 14.4 Å². The average molecular weight is 543 g/mol. The summed E-state index contributed by atoms with van der Waals surface area (Å²) in [6, 6.07) is 0. The smallest absolute Gasteiger partial charge is 0.303 e. The van der Waals surface area contributed by atoms with Gasteiger partial charge in [0.15, 0.2) is 0 Å². The van der Waals surface area contributed by atoms with Crippen LogP contribution < -0.4 is 0 Å². The van der Waals surface area contributed by atoms with Gasteiger partial charge in [0.1, 0.15) is 0 Å². The lowest BCUT2D eigenvalue weighted by molar-refractivity contribution is -0.929. The third kappa shape index (κ3) is 24.7. The highest BCUT2D eigenvalue weighted by atomic mass is 16.4. The van der Waals surface area contributed by atoms with Crippen molar-refractivity contribution in [3.8, 4) is 0 Å². The van der Waals surface area contributed by atoms with E-state index in [-0.39, 0.29) is 19.3 Å². The number of hydrogen-bond acceptors (Lipinski definition) is 3. The van der Waals surface area contributed by atoms with Crippen molar-refractivity contribution in [3.63, 3.8) is 0 Å². The molecule has 0 bridgehead atoms. The first-order valence-electron chi connectivity index (χ1n) is 15.8. The van der Waals surface area contributed by atoms with Crippen LogP contribution in [-0.4, -0.2) is 63.9 Å². The van der Waals surface area contributed by atoms with Crippen molar-refractivity contribution in [2.24, 2.45) is 0 Å². The van der Waals surface area contributed by atoms with Gasteiger partial charge < -0.3 is 19.8 Å². The number of hydrogen-bond donors (Lipinski definition) is 3. The Morgan fingerprint density at radius 3 is 0.895 bits per heavy atom. The number of nitrogens with zero attached hydrogens (tertiary/aromatic N) is 1. The Bertz CT molecular complexity index is 540. The molecule has 0 saturated heterocycles. The van der Waals surface area contributed by atoms with Crippen LogP contribution in [0.4, 0.5) is 0 Å². The van der Waals surface area contributed by atoms with Gasteiger partial charge in [0.25, 0.3) is 0 Å². The van der Waals surface area contributed by atoms with Crippen molar-refractivity contribution in [2.75, 3.05) is 26.2 Å². The van der Waals surface area contributed by atoms with Crippen LogP contribution in [0.2, 0.25) is 0 Å². The SMILES string of the molecule is CCCCCCCCCCCCCCCC[N+](CCCCC(=O)O)(CCCCC(=O)O)CCCCC(=O)O. The minimum atomic E-state index is -0.766. The summed E-state index contributed by atoms with van der Waals surface area (Å²) in [5, 5.41) is 27.1. The van der Waals surface area contributed by atoms with Crippen LogP contribution in [0.15, 0.2) is 0 Å². The first-order chi connectivity index (χ1) is 18.3. The molecule has 0 atom stereocenters. The van der Waals surface area contributed by atoms with Crippen LogP contribution in [0.25, 0.3) is 0 Å². The summed E-state index contributed by atoms with van der Waals surface area (Å²) in [7, 11) is 0. The Morgan fingerprint density at radius 2 is 0.632 bits per heavy atom. The zero-order chi connectivity index (χ0) is 28.3. The highest BCUT2D eigenvalue weighted by molar-refractivity contribution is 5.67. The Hall–Kier alpha value is -1.63. The van der Waals surface area contributed by atoms with Gasteiger partial charge in [0, 0.05) is 19.3 Å². The van der Waals surface area contributed by atoms with E-state index in [1.54, 1.807) is 0 Å². The van der Waals surface area contributed by atoms with E-state index < -0.39 is 17.9 Å². The van der Waals surface area contributed by atoms with E-state index in [2.05, 4.69) is 6.92 Å². The predicted octanol–water partition coefficient (Wildman–Crippen LogP) is 8.05. The molecule has 0 aliphatic rings. The van der Waals surface area contributed by atoms with Crippen LogP contribution in [0.5, 0.6) is 0 Å². The Kier molecular flexibility index (Phi) is 24.5. The first-order valence-corrected chi connectivity index (χ1v) is 15.8. The van der Waals surface area contributed by atoms with Crippen LogP contribution in [0, 0.1) is 0 Å². The lowest BCUT2D eigenvalue weighted by Gasteiger charge is -2.39. The van der Waals surface area contributed by atoms with Crippen LogP contribution >= 0.6 is 0 Å². The Labute approximate surface area is 233 Å².